The highest BCUT2D eigenvalue weighted by Crippen LogP contribution is 2.34. The van der Waals surface area contributed by atoms with Gasteiger partial charge in [-0.1, -0.05) is 0 Å². The number of aromatic nitrogens is 4. The minimum atomic E-state index is 0.656. The molecule has 0 amide bonds. The largest absolute Gasteiger partial charge is 0.493 e. The van der Waals surface area contributed by atoms with Gasteiger partial charge in [0, 0.05) is 29.1 Å². The maximum atomic E-state index is 5.40. The van der Waals surface area contributed by atoms with Crippen LogP contribution in [-0.2, 0) is 13.0 Å². The summed E-state index contributed by atoms with van der Waals surface area (Å²) in [6, 6.07) is 5.88. The van der Waals surface area contributed by atoms with E-state index >= 15 is 0 Å². The van der Waals surface area contributed by atoms with Crippen molar-refractivity contribution >= 4 is 22.4 Å². The van der Waals surface area contributed by atoms with Gasteiger partial charge in [-0.25, -0.2) is 0 Å². The van der Waals surface area contributed by atoms with Gasteiger partial charge < -0.3 is 14.8 Å². The zero-order valence-corrected chi connectivity index (χ0v) is 13.7. The molecule has 3 heterocycles. The van der Waals surface area contributed by atoms with Gasteiger partial charge in [0.1, 0.15) is 0 Å². The number of fused-ring (bicyclic) bond motifs is 2. The van der Waals surface area contributed by atoms with Crippen molar-refractivity contribution in [2.24, 2.45) is 0 Å². The maximum absolute atomic E-state index is 5.40. The SMILES string of the molecule is COc1cc2cnnc(Nc3cc4n(n3)CCCC4)c2cc1OC. The third-order valence-electron chi connectivity index (χ3n) is 4.33. The zero-order valence-electron chi connectivity index (χ0n) is 13.7. The zero-order chi connectivity index (χ0) is 16.5. The molecule has 24 heavy (non-hydrogen) atoms. The van der Waals surface area contributed by atoms with E-state index in [0.29, 0.717) is 17.3 Å². The fourth-order valence-electron chi connectivity index (χ4n) is 3.10. The van der Waals surface area contributed by atoms with Crippen LogP contribution < -0.4 is 14.8 Å². The van der Waals surface area contributed by atoms with Gasteiger partial charge in [-0.05, 0) is 31.4 Å². The highest BCUT2D eigenvalue weighted by Gasteiger charge is 2.15. The summed E-state index contributed by atoms with van der Waals surface area (Å²) in [5, 5.41) is 18.0. The highest BCUT2D eigenvalue weighted by molar-refractivity contribution is 5.94. The fourth-order valence-corrected chi connectivity index (χ4v) is 3.10. The number of hydrogen-bond acceptors (Lipinski definition) is 6. The lowest BCUT2D eigenvalue weighted by molar-refractivity contribution is 0.356. The van der Waals surface area contributed by atoms with Gasteiger partial charge in [-0.15, -0.1) is 5.10 Å². The van der Waals surface area contributed by atoms with E-state index < -0.39 is 0 Å². The van der Waals surface area contributed by atoms with Crippen molar-refractivity contribution in [3.05, 3.63) is 30.1 Å². The van der Waals surface area contributed by atoms with E-state index in [0.717, 1.165) is 29.6 Å². The van der Waals surface area contributed by atoms with Crippen LogP contribution in [-0.4, -0.2) is 34.2 Å². The Labute approximate surface area is 139 Å². The summed E-state index contributed by atoms with van der Waals surface area (Å²) < 4.78 is 12.8. The molecule has 4 rings (SSSR count). The van der Waals surface area contributed by atoms with E-state index in [9.17, 15) is 0 Å². The second-order valence-corrected chi connectivity index (χ2v) is 5.81. The van der Waals surface area contributed by atoms with Crippen LogP contribution in [0.5, 0.6) is 11.5 Å². The molecule has 2 aromatic heterocycles. The van der Waals surface area contributed by atoms with Crippen molar-refractivity contribution in [1.82, 2.24) is 20.0 Å². The Morgan fingerprint density at radius 3 is 2.71 bits per heavy atom. The molecule has 0 spiro atoms. The molecule has 124 valence electrons. The van der Waals surface area contributed by atoms with Gasteiger partial charge in [0.25, 0.3) is 0 Å². The third kappa shape index (κ3) is 2.51. The summed E-state index contributed by atoms with van der Waals surface area (Å²) in [7, 11) is 3.24. The quantitative estimate of drug-likeness (QED) is 0.795. The van der Waals surface area contributed by atoms with Crippen LogP contribution in [0.15, 0.2) is 24.4 Å². The summed E-state index contributed by atoms with van der Waals surface area (Å²) in [5.41, 5.74) is 1.26. The minimum Gasteiger partial charge on any atom is -0.493 e. The minimum absolute atomic E-state index is 0.656. The lowest BCUT2D eigenvalue weighted by atomic mass is 10.1. The molecule has 0 aliphatic carbocycles. The van der Waals surface area contributed by atoms with Crippen molar-refractivity contribution in [2.75, 3.05) is 19.5 Å². The standard InChI is InChI=1S/C17H19N5O2/c1-23-14-7-11-10-18-20-17(13(11)9-15(14)24-2)19-16-8-12-5-3-4-6-22(12)21-16/h7-10H,3-6H2,1-2H3,(H,19,20,21). The van der Waals surface area contributed by atoms with E-state index in [1.54, 1.807) is 20.4 Å². The monoisotopic (exact) mass is 325 g/mol. The molecule has 0 radical (unpaired) electrons. The Balaban J connectivity index is 1.74. The molecule has 1 aliphatic rings. The van der Waals surface area contributed by atoms with Crippen LogP contribution in [0.4, 0.5) is 11.6 Å². The summed E-state index contributed by atoms with van der Waals surface area (Å²) in [6.07, 6.45) is 5.18. The number of anilines is 2. The van der Waals surface area contributed by atoms with E-state index in [1.165, 1.54) is 18.5 Å². The summed E-state index contributed by atoms with van der Waals surface area (Å²) in [4.78, 5) is 0. The Kier molecular flexibility index (Phi) is 3.68. The molecule has 1 aromatic carbocycles. The van der Waals surface area contributed by atoms with Crippen molar-refractivity contribution in [2.45, 2.75) is 25.8 Å². The van der Waals surface area contributed by atoms with Gasteiger partial charge >= 0.3 is 0 Å². The predicted octanol–water partition coefficient (Wildman–Crippen LogP) is 2.92. The van der Waals surface area contributed by atoms with Crippen LogP contribution in [0.1, 0.15) is 18.5 Å². The number of benzene rings is 1. The second-order valence-electron chi connectivity index (χ2n) is 5.81. The molecule has 0 bridgehead atoms. The number of hydrogen-bond donors (Lipinski definition) is 1. The molecule has 0 unspecified atom stereocenters. The lowest BCUT2D eigenvalue weighted by Crippen LogP contribution is -2.10. The molecule has 3 aromatic rings. The van der Waals surface area contributed by atoms with Gasteiger partial charge in [-0.2, -0.15) is 10.2 Å². The Bertz CT molecular complexity index is 867. The van der Waals surface area contributed by atoms with Gasteiger partial charge in [-0.3, -0.25) is 4.68 Å². The van der Waals surface area contributed by atoms with Crippen molar-refractivity contribution in [3.63, 3.8) is 0 Å². The van der Waals surface area contributed by atoms with Crippen molar-refractivity contribution in [1.29, 1.82) is 0 Å². The summed E-state index contributed by atoms with van der Waals surface area (Å²) >= 11 is 0. The predicted molar refractivity (Wildman–Crippen MR) is 91.1 cm³/mol. The first-order chi connectivity index (χ1) is 11.8. The maximum Gasteiger partial charge on any atom is 0.162 e. The van der Waals surface area contributed by atoms with Crippen LogP contribution >= 0.6 is 0 Å². The van der Waals surface area contributed by atoms with E-state index in [2.05, 4.69) is 31.4 Å². The lowest BCUT2D eigenvalue weighted by Gasteiger charge is -2.11. The van der Waals surface area contributed by atoms with Crippen LogP contribution in [0.3, 0.4) is 0 Å². The third-order valence-corrected chi connectivity index (χ3v) is 4.33. The molecule has 0 saturated heterocycles. The highest BCUT2D eigenvalue weighted by atomic mass is 16.5. The number of nitrogens with zero attached hydrogens (tertiary/aromatic N) is 4. The molecule has 1 aliphatic heterocycles. The molecule has 0 fully saturated rings. The molecule has 0 atom stereocenters. The average Bonchev–Trinajstić information content (AvgIpc) is 3.03. The normalized spacial score (nSPS) is 13.6. The fraction of sp³-hybridized carbons (Fsp3) is 0.353. The first-order valence-electron chi connectivity index (χ1n) is 7.99. The smallest absolute Gasteiger partial charge is 0.162 e. The Morgan fingerprint density at radius 1 is 1.08 bits per heavy atom. The topological polar surface area (TPSA) is 74.1 Å². The van der Waals surface area contributed by atoms with Gasteiger partial charge in [0.15, 0.2) is 23.1 Å². The second kappa shape index (κ2) is 5.99. The number of nitrogens with one attached hydrogen (secondary N) is 1. The number of rotatable bonds is 4. The molecule has 0 saturated carbocycles. The average molecular weight is 325 g/mol. The van der Waals surface area contributed by atoms with Crippen molar-refractivity contribution in [3.8, 4) is 11.5 Å². The molecule has 1 N–H and O–H groups in total. The van der Waals surface area contributed by atoms with E-state index in [-0.39, 0.29) is 0 Å². The van der Waals surface area contributed by atoms with E-state index in [1.807, 2.05) is 12.1 Å². The van der Waals surface area contributed by atoms with Crippen LogP contribution in [0.25, 0.3) is 10.8 Å². The van der Waals surface area contributed by atoms with Crippen molar-refractivity contribution < 1.29 is 9.47 Å². The van der Waals surface area contributed by atoms with Crippen LogP contribution in [0, 0.1) is 0 Å². The van der Waals surface area contributed by atoms with Gasteiger partial charge in [0.2, 0.25) is 0 Å². The number of methoxy groups -OCH3 is 2. The molecular formula is C17H19N5O2. The van der Waals surface area contributed by atoms with Crippen LogP contribution in [0.2, 0.25) is 0 Å². The first kappa shape index (κ1) is 14.7. The Hall–Kier alpha value is -2.83. The summed E-state index contributed by atoms with van der Waals surface area (Å²) in [6.45, 7) is 0.975. The number of aryl methyl sites for hydroxylation is 2. The molecule has 7 nitrogen and oxygen atoms in total. The Morgan fingerprint density at radius 2 is 1.92 bits per heavy atom. The number of ether oxygens (including phenoxy) is 2. The molecule has 7 heteroatoms. The van der Waals surface area contributed by atoms with Gasteiger partial charge in [0.05, 0.1) is 20.4 Å². The summed E-state index contributed by atoms with van der Waals surface area (Å²) in [5.74, 6) is 2.78. The first-order valence-corrected chi connectivity index (χ1v) is 7.99. The molecular weight excluding hydrogens is 306 g/mol. The van der Waals surface area contributed by atoms with E-state index in [4.69, 9.17) is 9.47 Å².